The molecule has 0 unspecified atom stereocenters. The van der Waals surface area contributed by atoms with E-state index in [0.29, 0.717) is 5.56 Å². The van der Waals surface area contributed by atoms with Gasteiger partial charge in [0.15, 0.2) is 0 Å². The molecule has 1 rings (SSSR count). The van der Waals surface area contributed by atoms with Gasteiger partial charge in [0.2, 0.25) is 0 Å². The van der Waals surface area contributed by atoms with Crippen LogP contribution in [0.1, 0.15) is 22.3 Å². The molecule has 0 atom stereocenters. The van der Waals surface area contributed by atoms with Crippen LogP contribution in [-0.2, 0) is 12.6 Å². The fraction of sp³-hybridized carbons (Fsp3) is 0.273. The van der Waals surface area contributed by atoms with Gasteiger partial charge in [0.1, 0.15) is 0 Å². The van der Waals surface area contributed by atoms with Gasteiger partial charge in [-0.25, -0.2) is 0 Å². The molecule has 0 saturated carbocycles. The normalized spacial score (nSPS) is 10.6. The third kappa shape index (κ3) is 2.32. The highest BCUT2D eigenvalue weighted by atomic mass is 19.4. The minimum absolute atomic E-state index is 0.0194. The van der Waals surface area contributed by atoms with E-state index in [1.165, 1.54) is 6.07 Å². The van der Waals surface area contributed by atoms with Gasteiger partial charge in [0.25, 0.3) is 0 Å². The van der Waals surface area contributed by atoms with Crippen molar-refractivity contribution < 1.29 is 13.2 Å². The van der Waals surface area contributed by atoms with Gasteiger partial charge in [-0.3, -0.25) is 0 Å². The molecule has 0 spiro atoms. The molecule has 0 aliphatic rings. The monoisotopic (exact) mass is 224 g/mol. The Bertz CT molecular complexity index is 490. The van der Waals surface area contributed by atoms with Gasteiger partial charge in [0.05, 0.1) is 29.7 Å². The number of nitriles is 2. The van der Waals surface area contributed by atoms with E-state index in [1.54, 1.807) is 19.1 Å². The molecule has 1 aromatic rings. The van der Waals surface area contributed by atoms with Crippen LogP contribution in [0.2, 0.25) is 0 Å². The van der Waals surface area contributed by atoms with Gasteiger partial charge in [-0.1, -0.05) is 6.07 Å². The van der Waals surface area contributed by atoms with Crippen molar-refractivity contribution in [3.05, 3.63) is 34.4 Å². The summed E-state index contributed by atoms with van der Waals surface area (Å²) < 4.78 is 37.8. The van der Waals surface area contributed by atoms with E-state index in [2.05, 4.69) is 0 Å². The highest BCUT2D eigenvalue weighted by molar-refractivity contribution is 5.46. The molecule has 2 nitrogen and oxygen atoms in total. The van der Waals surface area contributed by atoms with Crippen LogP contribution in [-0.4, -0.2) is 0 Å². The fourth-order valence-electron chi connectivity index (χ4n) is 1.38. The number of hydrogen-bond acceptors (Lipinski definition) is 2. The number of halogens is 3. The zero-order valence-electron chi connectivity index (χ0n) is 8.39. The van der Waals surface area contributed by atoms with Crippen LogP contribution in [0.4, 0.5) is 13.2 Å². The maximum atomic E-state index is 12.6. The van der Waals surface area contributed by atoms with Crippen molar-refractivity contribution in [2.45, 2.75) is 19.5 Å². The second-order valence-corrected chi connectivity index (χ2v) is 3.27. The Hall–Kier alpha value is -2.01. The van der Waals surface area contributed by atoms with E-state index in [4.69, 9.17) is 10.5 Å². The van der Waals surface area contributed by atoms with Crippen molar-refractivity contribution in [2.24, 2.45) is 0 Å². The molecular weight excluding hydrogens is 217 g/mol. The molecule has 1 aromatic carbocycles. The summed E-state index contributed by atoms with van der Waals surface area (Å²) in [5.74, 6) is 0. The molecule has 0 aliphatic heterocycles. The van der Waals surface area contributed by atoms with Crippen LogP contribution in [0.5, 0.6) is 0 Å². The SMILES string of the molecule is Cc1cc(CC#N)c(C(F)(F)F)cc1C#N. The molecule has 0 saturated heterocycles. The highest BCUT2D eigenvalue weighted by Crippen LogP contribution is 2.33. The summed E-state index contributed by atoms with van der Waals surface area (Å²) in [6.07, 6.45) is -4.85. The quantitative estimate of drug-likeness (QED) is 0.736. The summed E-state index contributed by atoms with van der Waals surface area (Å²) in [6.45, 7) is 1.54. The zero-order valence-corrected chi connectivity index (χ0v) is 8.39. The Morgan fingerprint density at radius 1 is 1.25 bits per heavy atom. The highest BCUT2D eigenvalue weighted by Gasteiger charge is 2.33. The second kappa shape index (κ2) is 4.24. The summed E-state index contributed by atoms with van der Waals surface area (Å²) in [7, 11) is 0. The smallest absolute Gasteiger partial charge is 0.198 e. The van der Waals surface area contributed by atoms with Crippen molar-refractivity contribution in [3.63, 3.8) is 0 Å². The molecule has 82 valence electrons. The minimum Gasteiger partial charge on any atom is -0.198 e. The molecule has 16 heavy (non-hydrogen) atoms. The van der Waals surface area contributed by atoms with Crippen LogP contribution in [0.3, 0.4) is 0 Å². The van der Waals surface area contributed by atoms with E-state index >= 15 is 0 Å². The molecule has 0 fully saturated rings. The molecule has 5 heteroatoms. The van der Waals surface area contributed by atoms with E-state index < -0.39 is 11.7 Å². The molecule has 0 N–H and O–H groups in total. The van der Waals surface area contributed by atoms with Crippen LogP contribution < -0.4 is 0 Å². The molecule has 0 aromatic heterocycles. The third-order valence-electron chi connectivity index (χ3n) is 2.15. The summed E-state index contributed by atoms with van der Waals surface area (Å²) in [5, 5.41) is 17.1. The zero-order chi connectivity index (χ0) is 12.3. The Labute approximate surface area is 90.5 Å². The lowest BCUT2D eigenvalue weighted by Crippen LogP contribution is -2.10. The topological polar surface area (TPSA) is 47.6 Å². The maximum Gasteiger partial charge on any atom is 0.416 e. The standard InChI is InChI=1S/C11H7F3N2/c1-7-4-8(2-3-15)10(11(12,13)14)5-9(7)6-16/h4-5H,2H2,1H3. The van der Waals surface area contributed by atoms with Gasteiger partial charge in [-0.2, -0.15) is 23.7 Å². The van der Waals surface area contributed by atoms with Crippen molar-refractivity contribution >= 4 is 0 Å². The van der Waals surface area contributed by atoms with Crippen LogP contribution in [0, 0.1) is 29.6 Å². The Balaban J connectivity index is 3.46. The average molecular weight is 224 g/mol. The van der Waals surface area contributed by atoms with E-state index in [1.807, 2.05) is 0 Å². The fourth-order valence-corrected chi connectivity index (χ4v) is 1.38. The average Bonchev–Trinajstić information content (AvgIpc) is 2.16. The lowest BCUT2D eigenvalue weighted by molar-refractivity contribution is -0.138. The number of rotatable bonds is 1. The van der Waals surface area contributed by atoms with Gasteiger partial charge in [-0.15, -0.1) is 0 Å². The summed E-state index contributed by atoms with van der Waals surface area (Å²) in [6, 6.07) is 5.41. The van der Waals surface area contributed by atoms with E-state index in [-0.39, 0.29) is 17.5 Å². The minimum atomic E-state index is -4.54. The first-order valence-corrected chi connectivity index (χ1v) is 4.38. The van der Waals surface area contributed by atoms with Crippen molar-refractivity contribution in [1.29, 1.82) is 10.5 Å². The van der Waals surface area contributed by atoms with Crippen LogP contribution in [0.25, 0.3) is 0 Å². The lowest BCUT2D eigenvalue weighted by atomic mass is 9.97. The molecule has 0 radical (unpaired) electrons. The third-order valence-corrected chi connectivity index (χ3v) is 2.15. The Kier molecular flexibility index (Phi) is 3.20. The number of alkyl halides is 3. The molecular formula is C11H7F3N2. The van der Waals surface area contributed by atoms with Crippen LogP contribution >= 0.6 is 0 Å². The van der Waals surface area contributed by atoms with E-state index in [9.17, 15) is 13.2 Å². The first-order chi connectivity index (χ1) is 7.40. The first-order valence-electron chi connectivity index (χ1n) is 4.38. The van der Waals surface area contributed by atoms with E-state index in [0.717, 1.165) is 6.07 Å². The van der Waals surface area contributed by atoms with Crippen molar-refractivity contribution in [2.75, 3.05) is 0 Å². The Morgan fingerprint density at radius 2 is 1.88 bits per heavy atom. The molecule has 0 heterocycles. The van der Waals surface area contributed by atoms with Crippen molar-refractivity contribution in [1.82, 2.24) is 0 Å². The Morgan fingerprint density at radius 3 is 2.31 bits per heavy atom. The van der Waals surface area contributed by atoms with Gasteiger partial charge in [0, 0.05) is 0 Å². The second-order valence-electron chi connectivity index (χ2n) is 3.27. The van der Waals surface area contributed by atoms with Gasteiger partial charge in [-0.05, 0) is 24.1 Å². The number of benzene rings is 1. The van der Waals surface area contributed by atoms with Gasteiger partial charge < -0.3 is 0 Å². The molecule has 0 aliphatic carbocycles. The first kappa shape index (κ1) is 12.1. The predicted molar refractivity (Wildman–Crippen MR) is 50.2 cm³/mol. The summed E-state index contributed by atoms with van der Waals surface area (Å²) in [5.41, 5.74) is -0.572. The largest absolute Gasteiger partial charge is 0.416 e. The number of aryl methyl sites for hydroxylation is 1. The lowest BCUT2D eigenvalue weighted by Gasteiger charge is -2.12. The molecule has 0 bridgehead atoms. The summed E-state index contributed by atoms with van der Waals surface area (Å²) >= 11 is 0. The van der Waals surface area contributed by atoms with Gasteiger partial charge >= 0.3 is 6.18 Å². The predicted octanol–water partition coefficient (Wildman–Crippen LogP) is 2.95. The van der Waals surface area contributed by atoms with Crippen molar-refractivity contribution in [3.8, 4) is 12.1 Å². The number of hydrogen-bond donors (Lipinski definition) is 0. The van der Waals surface area contributed by atoms with Crippen LogP contribution in [0.15, 0.2) is 12.1 Å². The molecule has 0 amide bonds. The number of nitrogens with zero attached hydrogens (tertiary/aromatic N) is 2. The summed E-state index contributed by atoms with van der Waals surface area (Å²) in [4.78, 5) is 0. The maximum absolute atomic E-state index is 12.6.